The molecule has 0 radical (unpaired) electrons. The molecule has 0 amide bonds. The topological polar surface area (TPSA) is 36.9 Å². The molecule has 144 valence electrons. The zero-order chi connectivity index (χ0) is 19.1. The molecule has 28 heavy (non-hydrogen) atoms. The summed E-state index contributed by atoms with van der Waals surface area (Å²) in [6.45, 7) is 4.33. The van der Waals surface area contributed by atoms with Crippen LogP contribution >= 0.6 is 0 Å². The molecule has 3 unspecified atom stereocenters. The molecule has 2 aliphatic rings. The van der Waals surface area contributed by atoms with Gasteiger partial charge in [-0.05, 0) is 41.8 Å². The number of fused-ring (bicyclic) bond motifs is 2. The molecule has 5 rings (SSSR count). The predicted molar refractivity (Wildman–Crippen MR) is 107 cm³/mol. The first-order valence-electron chi connectivity index (χ1n) is 9.74. The third-order valence-electron chi connectivity index (χ3n) is 5.38. The normalized spacial score (nSPS) is 28.5. The van der Waals surface area contributed by atoms with Crippen molar-refractivity contribution in [2.24, 2.45) is 0 Å². The van der Waals surface area contributed by atoms with Gasteiger partial charge in [0.1, 0.15) is 18.3 Å². The van der Waals surface area contributed by atoms with E-state index in [9.17, 15) is 0 Å². The van der Waals surface area contributed by atoms with Crippen molar-refractivity contribution in [3.05, 3.63) is 83.9 Å². The molecule has 2 aliphatic heterocycles. The second kappa shape index (κ2) is 6.98. The van der Waals surface area contributed by atoms with Gasteiger partial charge in [-0.2, -0.15) is 0 Å². The first-order valence-corrected chi connectivity index (χ1v) is 9.74. The Labute approximate surface area is 165 Å². The van der Waals surface area contributed by atoms with Crippen LogP contribution in [0.1, 0.15) is 31.1 Å². The van der Waals surface area contributed by atoms with Crippen LogP contribution in [0.3, 0.4) is 0 Å². The molecule has 0 saturated carbocycles. The van der Waals surface area contributed by atoms with Crippen LogP contribution in [0.4, 0.5) is 0 Å². The maximum absolute atomic E-state index is 6.35. The van der Waals surface area contributed by atoms with Crippen LogP contribution in [0.5, 0.6) is 0 Å². The van der Waals surface area contributed by atoms with E-state index in [0.717, 1.165) is 11.1 Å². The Morgan fingerprint density at radius 3 is 2.43 bits per heavy atom. The maximum atomic E-state index is 6.35. The predicted octanol–water partition coefficient (Wildman–Crippen LogP) is 4.97. The molecule has 0 N–H and O–H groups in total. The van der Waals surface area contributed by atoms with Crippen LogP contribution in [-0.4, -0.2) is 24.3 Å². The van der Waals surface area contributed by atoms with Gasteiger partial charge in [-0.3, -0.25) is 0 Å². The highest BCUT2D eigenvalue weighted by molar-refractivity contribution is 5.83. The minimum Gasteiger partial charge on any atom is -0.368 e. The van der Waals surface area contributed by atoms with Crippen LogP contribution in [-0.2, 0) is 25.6 Å². The standard InChI is InChI=1S/C24H24O4/c1-24(2)27-22-21(25-15-16-8-4-3-5-9-16)20(26-23(22)28-24)19-13-12-17-10-6-7-11-18(17)14-19/h3-14,20-23H,15H2,1-2H3/t20-,21?,22?,23?/m0/s1. The lowest BCUT2D eigenvalue weighted by molar-refractivity contribution is -0.220. The molecule has 3 aromatic rings. The van der Waals surface area contributed by atoms with Gasteiger partial charge in [0.15, 0.2) is 12.1 Å². The minimum absolute atomic E-state index is 0.237. The van der Waals surface area contributed by atoms with E-state index in [0.29, 0.717) is 6.61 Å². The fourth-order valence-corrected chi connectivity index (χ4v) is 4.08. The highest BCUT2D eigenvalue weighted by Gasteiger charge is 2.55. The summed E-state index contributed by atoms with van der Waals surface area (Å²) < 4.78 is 24.7. The van der Waals surface area contributed by atoms with Crippen LogP contribution in [0.2, 0.25) is 0 Å². The Kier molecular flexibility index (Phi) is 4.44. The molecule has 4 heteroatoms. The van der Waals surface area contributed by atoms with Gasteiger partial charge in [-0.15, -0.1) is 0 Å². The average Bonchev–Trinajstić information content (AvgIpc) is 3.18. The monoisotopic (exact) mass is 376 g/mol. The van der Waals surface area contributed by atoms with Crippen molar-refractivity contribution in [1.29, 1.82) is 0 Å². The van der Waals surface area contributed by atoms with Crippen molar-refractivity contribution in [1.82, 2.24) is 0 Å². The van der Waals surface area contributed by atoms with Gasteiger partial charge in [0.2, 0.25) is 0 Å². The van der Waals surface area contributed by atoms with E-state index >= 15 is 0 Å². The summed E-state index contributed by atoms with van der Waals surface area (Å²) in [5.74, 6) is -0.669. The summed E-state index contributed by atoms with van der Waals surface area (Å²) in [4.78, 5) is 0. The second-order valence-corrected chi connectivity index (χ2v) is 7.89. The van der Waals surface area contributed by atoms with E-state index in [1.807, 2.05) is 38.1 Å². The number of hydrogen-bond acceptors (Lipinski definition) is 4. The van der Waals surface area contributed by atoms with E-state index in [1.165, 1.54) is 10.8 Å². The van der Waals surface area contributed by atoms with E-state index in [2.05, 4.69) is 48.5 Å². The molecular weight excluding hydrogens is 352 g/mol. The lowest BCUT2D eigenvalue weighted by Crippen LogP contribution is -2.33. The van der Waals surface area contributed by atoms with Crippen LogP contribution in [0.15, 0.2) is 72.8 Å². The molecule has 4 nitrogen and oxygen atoms in total. The van der Waals surface area contributed by atoms with E-state index in [-0.39, 0.29) is 18.3 Å². The molecule has 2 saturated heterocycles. The van der Waals surface area contributed by atoms with Crippen molar-refractivity contribution in [2.75, 3.05) is 0 Å². The van der Waals surface area contributed by atoms with Crippen molar-refractivity contribution < 1.29 is 18.9 Å². The van der Waals surface area contributed by atoms with E-state index < -0.39 is 12.1 Å². The molecular formula is C24H24O4. The molecule has 3 aromatic carbocycles. The molecule has 2 heterocycles. The Morgan fingerprint density at radius 2 is 1.61 bits per heavy atom. The first kappa shape index (κ1) is 17.8. The van der Waals surface area contributed by atoms with Crippen molar-refractivity contribution >= 4 is 10.8 Å². The third kappa shape index (κ3) is 3.33. The zero-order valence-corrected chi connectivity index (χ0v) is 16.1. The van der Waals surface area contributed by atoms with Gasteiger partial charge in [-0.25, -0.2) is 0 Å². The fourth-order valence-electron chi connectivity index (χ4n) is 4.08. The lowest BCUT2D eigenvalue weighted by Gasteiger charge is -2.26. The van der Waals surface area contributed by atoms with Gasteiger partial charge in [0, 0.05) is 0 Å². The third-order valence-corrected chi connectivity index (χ3v) is 5.38. The molecule has 0 aliphatic carbocycles. The second-order valence-electron chi connectivity index (χ2n) is 7.89. The molecule has 0 aromatic heterocycles. The fraction of sp³-hybridized carbons (Fsp3) is 0.333. The van der Waals surface area contributed by atoms with Gasteiger partial charge < -0.3 is 18.9 Å². The molecule has 2 fully saturated rings. The quantitative estimate of drug-likeness (QED) is 0.644. The molecule has 4 atom stereocenters. The first-order chi connectivity index (χ1) is 13.6. The number of benzene rings is 3. The Hall–Kier alpha value is -2.24. The largest absolute Gasteiger partial charge is 0.368 e. The van der Waals surface area contributed by atoms with Crippen molar-refractivity contribution in [3.8, 4) is 0 Å². The summed E-state index contributed by atoms with van der Waals surface area (Å²) in [5, 5.41) is 2.39. The summed E-state index contributed by atoms with van der Waals surface area (Å²) in [6, 6.07) is 24.9. The summed E-state index contributed by atoms with van der Waals surface area (Å²) >= 11 is 0. The van der Waals surface area contributed by atoms with Gasteiger partial charge in [0.25, 0.3) is 0 Å². The molecule has 0 spiro atoms. The van der Waals surface area contributed by atoms with Crippen molar-refractivity contribution in [2.45, 2.75) is 50.8 Å². The number of rotatable bonds is 4. The lowest BCUT2D eigenvalue weighted by atomic mass is 9.99. The van der Waals surface area contributed by atoms with Gasteiger partial charge in [-0.1, -0.05) is 66.7 Å². The van der Waals surface area contributed by atoms with Crippen LogP contribution in [0, 0.1) is 0 Å². The number of ether oxygens (including phenoxy) is 4. The summed E-state index contributed by atoms with van der Waals surface area (Å²) in [7, 11) is 0. The average molecular weight is 376 g/mol. The highest BCUT2D eigenvalue weighted by Crippen LogP contribution is 2.45. The van der Waals surface area contributed by atoms with Gasteiger partial charge in [0.05, 0.1) is 6.61 Å². The zero-order valence-electron chi connectivity index (χ0n) is 16.1. The maximum Gasteiger partial charge on any atom is 0.190 e. The van der Waals surface area contributed by atoms with Gasteiger partial charge >= 0.3 is 0 Å². The van der Waals surface area contributed by atoms with Crippen LogP contribution in [0.25, 0.3) is 10.8 Å². The Balaban J connectivity index is 1.44. The minimum atomic E-state index is -0.669. The Bertz CT molecular complexity index is 969. The smallest absolute Gasteiger partial charge is 0.190 e. The summed E-state index contributed by atoms with van der Waals surface area (Å²) in [6.07, 6.45) is -1.16. The van der Waals surface area contributed by atoms with E-state index in [1.54, 1.807) is 0 Å². The van der Waals surface area contributed by atoms with E-state index in [4.69, 9.17) is 18.9 Å². The molecule has 0 bridgehead atoms. The number of hydrogen-bond donors (Lipinski definition) is 0. The highest BCUT2D eigenvalue weighted by atomic mass is 16.8. The summed E-state index contributed by atoms with van der Waals surface area (Å²) in [5.41, 5.74) is 2.21. The van der Waals surface area contributed by atoms with Crippen LogP contribution < -0.4 is 0 Å². The van der Waals surface area contributed by atoms with Crippen molar-refractivity contribution in [3.63, 3.8) is 0 Å². The SMILES string of the molecule is CC1(C)OC2O[C@@H](c3ccc4ccccc4c3)C(OCc3ccccc3)C2O1. The Morgan fingerprint density at radius 1 is 0.857 bits per heavy atom.